The highest BCUT2D eigenvalue weighted by Crippen LogP contribution is 2.33. The smallest absolute Gasteiger partial charge is 0.255 e. The van der Waals surface area contributed by atoms with E-state index in [1.807, 2.05) is 29.2 Å². The Morgan fingerprint density at radius 1 is 0.897 bits per heavy atom. The van der Waals surface area contributed by atoms with Gasteiger partial charge in [-0.05, 0) is 25.0 Å². The second kappa shape index (κ2) is 8.20. The fourth-order valence-electron chi connectivity index (χ4n) is 4.30. The summed E-state index contributed by atoms with van der Waals surface area (Å²) in [7, 11) is -5.87. The van der Waals surface area contributed by atoms with Crippen molar-refractivity contribution in [2.75, 3.05) is 49.2 Å². The minimum atomic E-state index is -2.96. The summed E-state index contributed by atoms with van der Waals surface area (Å²) >= 11 is 1.49. The predicted molar refractivity (Wildman–Crippen MR) is 114 cm³/mol. The van der Waals surface area contributed by atoms with E-state index in [1.165, 1.54) is 11.8 Å². The number of carbonyl (C=O) groups excluding carboxylic acids is 1. The van der Waals surface area contributed by atoms with Crippen molar-refractivity contribution in [3.05, 3.63) is 29.8 Å². The zero-order valence-electron chi connectivity index (χ0n) is 16.2. The Balaban J connectivity index is 1.39. The number of rotatable bonds is 4. The standard InChI is InChI=1S/C19H26N2O5S3/c22-19(21-9-7-20(8-10-21)15-5-11-28(23,24)13-15)17-3-1-2-4-18(17)27-16-6-12-29(25,26)14-16/h1-4,15-16H,5-14H2/t15-,16-/m0/s1. The van der Waals surface area contributed by atoms with E-state index in [0.717, 1.165) is 4.90 Å². The average molecular weight is 459 g/mol. The fourth-order valence-corrected chi connectivity index (χ4v) is 9.69. The molecule has 0 aromatic heterocycles. The lowest BCUT2D eigenvalue weighted by Crippen LogP contribution is -2.52. The first kappa shape index (κ1) is 21.1. The summed E-state index contributed by atoms with van der Waals surface area (Å²) in [5, 5.41) is -0.00453. The first-order valence-corrected chi connectivity index (χ1v) is 14.4. The Bertz CT molecular complexity index is 985. The van der Waals surface area contributed by atoms with E-state index in [2.05, 4.69) is 4.90 Å². The van der Waals surface area contributed by atoms with E-state index in [1.54, 1.807) is 0 Å². The molecule has 0 radical (unpaired) electrons. The minimum absolute atomic E-state index is 0.00453. The molecule has 29 heavy (non-hydrogen) atoms. The second-order valence-corrected chi connectivity index (χ2v) is 13.8. The molecule has 0 spiro atoms. The summed E-state index contributed by atoms with van der Waals surface area (Å²) in [6.07, 6.45) is 1.30. The van der Waals surface area contributed by atoms with Gasteiger partial charge < -0.3 is 4.90 Å². The minimum Gasteiger partial charge on any atom is -0.336 e. The molecule has 1 aromatic carbocycles. The van der Waals surface area contributed by atoms with Gasteiger partial charge in [-0.15, -0.1) is 11.8 Å². The Hall–Kier alpha value is -1.10. The first-order chi connectivity index (χ1) is 13.7. The lowest BCUT2D eigenvalue weighted by atomic mass is 10.1. The number of sulfone groups is 2. The van der Waals surface area contributed by atoms with Crippen LogP contribution < -0.4 is 0 Å². The van der Waals surface area contributed by atoms with Crippen LogP contribution in [0.1, 0.15) is 23.2 Å². The van der Waals surface area contributed by atoms with E-state index in [9.17, 15) is 21.6 Å². The molecule has 3 aliphatic rings. The predicted octanol–water partition coefficient (Wildman–Crippen LogP) is 0.911. The number of thioether (sulfide) groups is 1. The van der Waals surface area contributed by atoms with Crippen molar-refractivity contribution < 1.29 is 21.6 Å². The van der Waals surface area contributed by atoms with E-state index in [-0.39, 0.29) is 40.2 Å². The van der Waals surface area contributed by atoms with Crippen LogP contribution in [0, 0.1) is 0 Å². The zero-order chi connectivity index (χ0) is 20.6. The van der Waals surface area contributed by atoms with Crippen LogP contribution in [0.4, 0.5) is 0 Å². The number of benzene rings is 1. The van der Waals surface area contributed by atoms with Crippen LogP contribution in [-0.2, 0) is 19.7 Å². The molecule has 0 saturated carbocycles. The highest BCUT2D eigenvalue weighted by Gasteiger charge is 2.35. The van der Waals surface area contributed by atoms with Crippen molar-refractivity contribution in [3.8, 4) is 0 Å². The molecular weight excluding hydrogens is 432 g/mol. The van der Waals surface area contributed by atoms with Crippen LogP contribution in [0.15, 0.2) is 29.2 Å². The van der Waals surface area contributed by atoms with E-state index in [4.69, 9.17) is 0 Å². The van der Waals surface area contributed by atoms with Gasteiger partial charge in [-0.1, -0.05) is 12.1 Å². The fraction of sp³-hybridized carbons (Fsp3) is 0.632. The molecule has 3 saturated heterocycles. The van der Waals surface area contributed by atoms with Crippen molar-refractivity contribution >= 4 is 37.3 Å². The third-order valence-electron chi connectivity index (χ3n) is 5.93. The van der Waals surface area contributed by atoms with Gasteiger partial charge in [0.05, 0.1) is 28.6 Å². The molecule has 0 bridgehead atoms. The normalized spacial score (nSPS) is 29.2. The lowest BCUT2D eigenvalue weighted by molar-refractivity contribution is 0.0584. The molecule has 10 heteroatoms. The van der Waals surface area contributed by atoms with Crippen LogP contribution in [0.5, 0.6) is 0 Å². The molecule has 1 aromatic rings. The highest BCUT2D eigenvalue weighted by atomic mass is 32.2. The SMILES string of the molecule is O=C(c1ccccc1S[C@H]1CCS(=O)(=O)C1)N1CCN([C@H]2CCS(=O)(=O)C2)CC1. The Kier molecular flexibility index (Phi) is 5.98. The average Bonchev–Trinajstić information content (AvgIpc) is 3.22. The van der Waals surface area contributed by atoms with Crippen molar-refractivity contribution in [2.24, 2.45) is 0 Å². The third-order valence-corrected chi connectivity index (χ3v) is 11.0. The molecule has 0 aliphatic carbocycles. The second-order valence-electron chi connectivity index (χ2n) is 8.02. The maximum Gasteiger partial charge on any atom is 0.255 e. The summed E-state index contributed by atoms with van der Waals surface area (Å²) in [4.78, 5) is 18.0. The molecule has 0 unspecified atom stereocenters. The molecule has 3 heterocycles. The van der Waals surface area contributed by atoms with Gasteiger partial charge in [0.25, 0.3) is 5.91 Å². The van der Waals surface area contributed by atoms with E-state index >= 15 is 0 Å². The molecule has 3 fully saturated rings. The number of nitrogens with zero attached hydrogens (tertiary/aromatic N) is 2. The first-order valence-electron chi connectivity index (χ1n) is 9.92. The summed E-state index contributed by atoms with van der Waals surface area (Å²) in [6, 6.07) is 7.49. The van der Waals surface area contributed by atoms with E-state index in [0.29, 0.717) is 44.6 Å². The van der Waals surface area contributed by atoms with Crippen molar-refractivity contribution in [2.45, 2.75) is 29.0 Å². The number of hydrogen-bond donors (Lipinski definition) is 0. The molecule has 3 aliphatic heterocycles. The van der Waals surface area contributed by atoms with Gasteiger partial charge in [0.15, 0.2) is 19.7 Å². The topological polar surface area (TPSA) is 91.8 Å². The maximum absolute atomic E-state index is 13.1. The van der Waals surface area contributed by atoms with Crippen molar-refractivity contribution in [1.29, 1.82) is 0 Å². The van der Waals surface area contributed by atoms with Crippen LogP contribution in [0.3, 0.4) is 0 Å². The summed E-state index contributed by atoms with van der Waals surface area (Å²) in [5.74, 6) is 0.846. The molecule has 160 valence electrons. The monoisotopic (exact) mass is 458 g/mol. The van der Waals surface area contributed by atoms with Gasteiger partial charge in [0.1, 0.15) is 0 Å². The van der Waals surface area contributed by atoms with Crippen LogP contribution >= 0.6 is 11.8 Å². The molecular formula is C19H26N2O5S3. The van der Waals surface area contributed by atoms with E-state index < -0.39 is 19.7 Å². The quantitative estimate of drug-likeness (QED) is 0.662. The molecule has 4 rings (SSSR count). The number of hydrogen-bond acceptors (Lipinski definition) is 7. The summed E-state index contributed by atoms with van der Waals surface area (Å²) in [6.45, 7) is 2.52. The number of carbonyl (C=O) groups is 1. The number of piperazine rings is 1. The van der Waals surface area contributed by atoms with Crippen molar-refractivity contribution in [3.63, 3.8) is 0 Å². The molecule has 1 amide bonds. The van der Waals surface area contributed by atoms with Crippen LogP contribution in [0.2, 0.25) is 0 Å². The van der Waals surface area contributed by atoms with Gasteiger partial charge in [0, 0.05) is 42.4 Å². The van der Waals surface area contributed by atoms with Gasteiger partial charge >= 0.3 is 0 Å². The van der Waals surface area contributed by atoms with Gasteiger partial charge in [-0.2, -0.15) is 0 Å². The largest absolute Gasteiger partial charge is 0.336 e. The highest BCUT2D eigenvalue weighted by molar-refractivity contribution is 8.02. The molecule has 2 atom stereocenters. The Labute approximate surface area is 176 Å². The third kappa shape index (κ3) is 4.98. The lowest BCUT2D eigenvalue weighted by Gasteiger charge is -2.37. The Morgan fingerprint density at radius 3 is 2.17 bits per heavy atom. The summed E-state index contributed by atoms with van der Waals surface area (Å²) in [5.41, 5.74) is 0.624. The van der Waals surface area contributed by atoms with Gasteiger partial charge in [-0.25, -0.2) is 16.8 Å². The molecule has 0 N–H and O–H groups in total. The Morgan fingerprint density at radius 2 is 1.55 bits per heavy atom. The summed E-state index contributed by atoms with van der Waals surface area (Å²) < 4.78 is 47.0. The zero-order valence-corrected chi connectivity index (χ0v) is 18.6. The van der Waals surface area contributed by atoms with Gasteiger partial charge in [0.2, 0.25) is 0 Å². The molecule has 7 nitrogen and oxygen atoms in total. The van der Waals surface area contributed by atoms with Crippen molar-refractivity contribution in [1.82, 2.24) is 9.80 Å². The maximum atomic E-state index is 13.1. The number of amides is 1. The van der Waals surface area contributed by atoms with Crippen LogP contribution in [-0.4, -0.2) is 93.0 Å². The van der Waals surface area contributed by atoms with Gasteiger partial charge in [-0.3, -0.25) is 9.69 Å². The van der Waals surface area contributed by atoms with Crippen LogP contribution in [0.25, 0.3) is 0 Å².